The molecule has 1 aliphatic rings. The molecule has 2 aromatic rings. The van der Waals surface area contributed by atoms with Crippen LogP contribution in [0.1, 0.15) is 38.4 Å². The van der Waals surface area contributed by atoms with Gasteiger partial charge < -0.3 is 9.57 Å². The summed E-state index contributed by atoms with van der Waals surface area (Å²) in [4.78, 5) is 21.6. The number of rotatable bonds is 3. The highest BCUT2D eigenvalue weighted by molar-refractivity contribution is 6.02. The number of nitrogens with zero attached hydrogens (tertiary/aromatic N) is 2. The van der Waals surface area contributed by atoms with Crippen molar-refractivity contribution in [1.82, 2.24) is 4.98 Å². The molecule has 1 atom stereocenters. The van der Waals surface area contributed by atoms with Crippen LogP contribution in [-0.4, -0.2) is 28.4 Å². The normalized spacial score (nSPS) is 16.8. The molecule has 0 N–H and O–H groups in total. The van der Waals surface area contributed by atoms with E-state index in [9.17, 15) is 9.18 Å². The zero-order valence-electron chi connectivity index (χ0n) is 15.2. The van der Waals surface area contributed by atoms with Gasteiger partial charge in [0.1, 0.15) is 17.1 Å². The number of oxime groups is 1. The quantitative estimate of drug-likeness (QED) is 0.779. The molecule has 0 saturated carbocycles. The number of esters is 1. The fourth-order valence-electron chi connectivity index (χ4n) is 2.60. The van der Waals surface area contributed by atoms with Gasteiger partial charge >= 0.3 is 5.97 Å². The van der Waals surface area contributed by atoms with E-state index in [0.29, 0.717) is 29.0 Å². The summed E-state index contributed by atoms with van der Waals surface area (Å²) in [6.07, 6.45) is 1.12. The second-order valence-corrected chi connectivity index (χ2v) is 7.29. The highest BCUT2D eigenvalue weighted by Gasteiger charge is 2.33. The van der Waals surface area contributed by atoms with Gasteiger partial charge in [-0.3, -0.25) is 4.98 Å². The van der Waals surface area contributed by atoms with Gasteiger partial charge in [0.05, 0.1) is 5.69 Å². The zero-order valence-corrected chi connectivity index (χ0v) is 15.2. The first kappa shape index (κ1) is 18.0. The molecule has 0 radical (unpaired) electrons. The topological polar surface area (TPSA) is 60.8 Å². The Hall–Kier alpha value is -2.76. The maximum absolute atomic E-state index is 14.1. The van der Waals surface area contributed by atoms with Crippen molar-refractivity contribution in [2.45, 2.75) is 45.8 Å². The molecule has 26 heavy (non-hydrogen) atoms. The van der Waals surface area contributed by atoms with Crippen LogP contribution in [0, 0.1) is 12.7 Å². The lowest BCUT2D eigenvalue weighted by Gasteiger charge is -2.20. The van der Waals surface area contributed by atoms with E-state index in [4.69, 9.17) is 9.57 Å². The molecule has 0 bridgehead atoms. The van der Waals surface area contributed by atoms with E-state index < -0.39 is 17.7 Å². The van der Waals surface area contributed by atoms with E-state index in [2.05, 4.69) is 10.1 Å². The number of ether oxygens (including phenoxy) is 1. The molecule has 1 aliphatic heterocycles. The highest BCUT2D eigenvalue weighted by atomic mass is 19.1. The summed E-state index contributed by atoms with van der Waals surface area (Å²) in [7, 11) is 0. The van der Waals surface area contributed by atoms with Crippen LogP contribution < -0.4 is 0 Å². The molecule has 3 rings (SSSR count). The summed E-state index contributed by atoms with van der Waals surface area (Å²) >= 11 is 0. The molecule has 0 spiro atoms. The molecule has 1 aromatic heterocycles. The Kier molecular flexibility index (Phi) is 4.76. The second kappa shape index (κ2) is 6.86. The molecule has 136 valence electrons. The minimum Gasteiger partial charge on any atom is -0.457 e. The lowest BCUT2D eigenvalue weighted by Crippen LogP contribution is -2.32. The summed E-state index contributed by atoms with van der Waals surface area (Å²) in [6, 6.07) is 8.60. The van der Waals surface area contributed by atoms with Crippen molar-refractivity contribution in [3.63, 3.8) is 0 Å². The molecular formula is C20H21FN2O3. The molecule has 5 nitrogen and oxygen atoms in total. The van der Waals surface area contributed by atoms with Gasteiger partial charge in [0, 0.05) is 23.7 Å². The lowest BCUT2D eigenvalue weighted by atomic mass is 10.0. The van der Waals surface area contributed by atoms with Crippen molar-refractivity contribution in [3.8, 4) is 11.1 Å². The van der Waals surface area contributed by atoms with E-state index in [0.717, 1.165) is 5.56 Å². The van der Waals surface area contributed by atoms with Crippen LogP contribution in [0.3, 0.4) is 0 Å². The largest absolute Gasteiger partial charge is 0.457 e. The fraction of sp³-hybridized carbons (Fsp3) is 0.350. The van der Waals surface area contributed by atoms with Crippen molar-refractivity contribution in [3.05, 3.63) is 53.6 Å². The predicted molar refractivity (Wildman–Crippen MR) is 96.2 cm³/mol. The van der Waals surface area contributed by atoms with E-state index in [-0.39, 0.29) is 5.82 Å². The number of halogens is 1. The molecule has 0 aliphatic carbocycles. The Morgan fingerprint density at radius 2 is 2.04 bits per heavy atom. The van der Waals surface area contributed by atoms with E-state index in [1.54, 1.807) is 45.2 Å². The third-order valence-electron chi connectivity index (χ3n) is 3.83. The van der Waals surface area contributed by atoms with Gasteiger partial charge in [0.2, 0.25) is 6.10 Å². The number of pyridine rings is 1. The second-order valence-electron chi connectivity index (χ2n) is 7.29. The summed E-state index contributed by atoms with van der Waals surface area (Å²) in [6.45, 7) is 7.23. The molecule has 0 fully saturated rings. The maximum Gasteiger partial charge on any atom is 0.351 e. The number of aromatic nitrogens is 1. The van der Waals surface area contributed by atoms with Gasteiger partial charge in [-0.15, -0.1) is 0 Å². The van der Waals surface area contributed by atoms with Gasteiger partial charge in [-0.2, -0.15) is 0 Å². The van der Waals surface area contributed by atoms with Gasteiger partial charge in [-0.1, -0.05) is 23.4 Å². The van der Waals surface area contributed by atoms with Crippen molar-refractivity contribution in [1.29, 1.82) is 0 Å². The van der Waals surface area contributed by atoms with Crippen LogP contribution in [-0.2, 0) is 14.4 Å². The van der Waals surface area contributed by atoms with Crippen molar-refractivity contribution in [2.75, 3.05) is 0 Å². The number of hydrogen-bond acceptors (Lipinski definition) is 5. The van der Waals surface area contributed by atoms with Crippen molar-refractivity contribution >= 4 is 11.7 Å². The van der Waals surface area contributed by atoms with Crippen LogP contribution in [0.5, 0.6) is 0 Å². The smallest absolute Gasteiger partial charge is 0.351 e. The molecule has 1 unspecified atom stereocenters. The summed E-state index contributed by atoms with van der Waals surface area (Å²) in [5.74, 6) is -0.735. The Labute approximate surface area is 151 Å². The third kappa shape index (κ3) is 4.07. The van der Waals surface area contributed by atoms with Gasteiger partial charge in [0.25, 0.3) is 0 Å². The van der Waals surface area contributed by atoms with Gasteiger partial charge in [0.15, 0.2) is 0 Å². The predicted octanol–water partition coefficient (Wildman–Crippen LogP) is 4.03. The standard InChI is InChI=1S/C20H21FN2O3/c1-12-5-7-14(15(21)9-12)13-6-8-16(22-11-13)17-10-18(26-23-17)19(24)25-20(2,3)4/h5-9,11,18H,10H2,1-4H3. The summed E-state index contributed by atoms with van der Waals surface area (Å²) < 4.78 is 19.4. The summed E-state index contributed by atoms with van der Waals surface area (Å²) in [5.41, 5.74) is 2.60. The maximum atomic E-state index is 14.1. The molecule has 0 amide bonds. The molecule has 6 heteroatoms. The van der Waals surface area contributed by atoms with E-state index in [1.807, 2.05) is 13.0 Å². The van der Waals surface area contributed by atoms with Crippen molar-refractivity contribution in [2.24, 2.45) is 5.16 Å². The Morgan fingerprint density at radius 1 is 1.27 bits per heavy atom. The number of benzene rings is 1. The minimum absolute atomic E-state index is 0.286. The fourth-order valence-corrected chi connectivity index (χ4v) is 2.60. The monoisotopic (exact) mass is 356 g/mol. The third-order valence-corrected chi connectivity index (χ3v) is 3.83. The number of carbonyl (C=O) groups excluding carboxylic acids is 1. The highest BCUT2D eigenvalue weighted by Crippen LogP contribution is 2.24. The van der Waals surface area contributed by atoms with Gasteiger partial charge in [-0.25, -0.2) is 9.18 Å². The Balaban J connectivity index is 1.71. The Morgan fingerprint density at radius 3 is 2.65 bits per heavy atom. The number of hydrogen-bond donors (Lipinski definition) is 0. The number of carbonyl (C=O) groups is 1. The first-order valence-electron chi connectivity index (χ1n) is 8.41. The van der Waals surface area contributed by atoms with Crippen LogP contribution in [0.15, 0.2) is 41.7 Å². The van der Waals surface area contributed by atoms with Crippen molar-refractivity contribution < 1.29 is 18.8 Å². The first-order valence-corrected chi connectivity index (χ1v) is 8.41. The SMILES string of the molecule is Cc1ccc(-c2ccc(C3=NOC(C(=O)OC(C)(C)C)C3)nc2)c(F)c1. The lowest BCUT2D eigenvalue weighted by molar-refractivity contribution is -0.166. The first-order chi connectivity index (χ1) is 12.2. The van der Waals surface area contributed by atoms with Gasteiger partial charge in [-0.05, 0) is 45.4 Å². The molecule has 2 heterocycles. The van der Waals surface area contributed by atoms with Crippen LogP contribution >= 0.6 is 0 Å². The average molecular weight is 356 g/mol. The number of aryl methyl sites for hydroxylation is 1. The molecule has 1 aromatic carbocycles. The molecule has 0 saturated heterocycles. The zero-order chi connectivity index (χ0) is 18.9. The van der Waals surface area contributed by atoms with Crippen LogP contribution in [0.2, 0.25) is 0 Å². The summed E-state index contributed by atoms with van der Waals surface area (Å²) in [5, 5.41) is 3.95. The van der Waals surface area contributed by atoms with E-state index in [1.165, 1.54) is 6.07 Å². The minimum atomic E-state index is -0.764. The Bertz CT molecular complexity index is 854. The van der Waals surface area contributed by atoms with Crippen LogP contribution in [0.4, 0.5) is 4.39 Å². The van der Waals surface area contributed by atoms with E-state index >= 15 is 0 Å². The average Bonchev–Trinajstić information content (AvgIpc) is 3.04. The molecular weight excluding hydrogens is 335 g/mol. The van der Waals surface area contributed by atoms with Crippen LogP contribution in [0.25, 0.3) is 11.1 Å².